The first kappa shape index (κ1) is 27.3. The number of hydrogen-bond acceptors (Lipinski definition) is 6. The SMILES string of the molecule is CCNC(=O)[C@@H](C)N(Cc1ccc(Cl)cc1)C(=O)CN(c1ccc(OC)cc1OC)S(C)(=O)=O. The van der Waals surface area contributed by atoms with Gasteiger partial charge in [-0.3, -0.25) is 13.9 Å². The quantitative estimate of drug-likeness (QED) is 0.497. The number of benzene rings is 2. The van der Waals surface area contributed by atoms with Crippen LogP contribution >= 0.6 is 11.6 Å². The second kappa shape index (κ2) is 11.9. The number of carbonyl (C=O) groups is 2. The maximum absolute atomic E-state index is 13.5. The van der Waals surface area contributed by atoms with Crippen molar-refractivity contribution in [3.05, 3.63) is 53.1 Å². The number of hydrogen-bond donors (Lipinski definition) is 1. The fourth-order valence-corrected chi connectivity index (χ4v) is 4.26. The van der Waals surface area contributed by atoms with Crippen molar-refractivity contribution in [2.75, 3.05) is 37.9 Å². The number of nitrogens with one attached hydrogen (secondary N) is 1. The van der Waals surface area contributed by atoms with Crippen LogP contribution < -0.4 is 19.1 Å². The lowest BCUT2D eigenvalue weighted by Gasteiger charge is -2.31. The molecule has 0 aliphatic carbocycles. The van der Waals surface area contributed by atoms with Gasteiger partial charge in [0.25, 0.3) is 0 Å². The summed E-state index contributed by atoms with van der Waals surface area (Å²) >= 11 is 5.96. The third kappa shape index (κ3) is 7.01. The van der Waals surface area contributed by atoms with Crippen LogP contribution in [0.3, 0.4) is 0 Å². The molecule has 0 spiro atoms. The summed E-state index contributed by atoms with van der Waals surface area (Å²) in [5.41, 5.74) is 0.915. The molecule has 186 valence electrons. The zero-order valence-electron chi connectivity index (χ0n) is 19.9. The van der Waals surface area contributed by atoms with Crippen molar-refractivity contribution >= 4 is 39.1 Å². The van der Waals surface area contributed by atoms with Crippen molar-refractivity contribution < 1.29 is 27.5 Å². The smallest absolute Gasteiger partial charge is 0.244 e. The number of nitrogens with zero attached hydrogens (tertiary/aromatic N) is 2. The molecule has 2 amide bonds. The Morgan fingerprint density at radius 3 is 2.26 bits per heavy atom. The summed E-state index contributed by atoms with van der Waals surface area (Å²) in [5.74, 6) is -0.219. The number of sulfonamides is 1. The molecule has 0 aliphatic heterocycles. The van der Waals surface area contributed by atoms with Crippen molar-refractivity contribution in [3.8, 4) is 11.5 Å². The number of methoxy groups -OCH3 is 2. The van der Waals surface area contributed by atoms with Gasteiger partial charge in [-0.1, -0.05) is 23.7 Å². The van der Waals surface area contributed by atoms with Crippen LogP contribution in [-0.2, 0) is 26.2 Å². The van der Waals surface area contributed by atoms with Crippen molar-refractivity contribution in [2.24, 2.45) is 0 Å². The van der Waals surface area contributed by atoms with E-state index in [1.54, 1.807) is 44.2 Å². The lowest BCUT2D eigenvalue weighted by molar-refractivity contribution is -0.139. The molecule has 0 saturated carbocycles. The van der Waals surface area contributed by atoms with Crippen molar-refractivity contribution in [1.82, 2.24) is 10.2 Å². The Balaban J connectivity index is 2.44. The van der Waals surface area contributed by atoms with E-state index in [-0.39, 0.29) is 23.9 Å². The lowest BCUT2D eigenvalue weighted by Crippen LogP contribution is -2.51. The number of likely N-dealkylation sites (N-methyl/N-ethyl adjacent to an activating group) is 1. The Morgan fingerprint density at radius 1 is 1.09 bits per heavy atom. The van der Waals surface area contributed by atoms with E-state index in [9.17, 15) is 18.0 Å². The molecule has 2 aromatic carbocycles. The predicted molar refractivity (Wildman–Crippen MR) is 132 cm³/mol. The molecule has 0 bridgehead atoms. The maximum Gasteiger partial charge on any atom is 0.244 e. The summed E-state index contributed by atoms with van der Waals surface area (Å²) in [7, 11) is -1.02. The molecule has 0 aliphatic rings. The van der Waals surface area contributed by atoms with Gasteiger partial charge in [-0.05, 0) is 43.7 Å². The topological polar surface area (TPSA) is 105 Å². The van der Waals surface area contributed by atoms with Crippen molar-refractivity contribution in [2.45, 2.75) is 26.4 Å². The van der Waals surface area contributed by atoms with Crippen LogP contribution in [0.2, 0.25) is 5.02 Å². The van der Waals surface area contributed by atoms with Gasteiger partial charge in [-0.2, -0.15) is 0 Å². The highest BCUT2D eigenvalue weighted by Gasteiger charge is 2.31. The molecule has 34 heavy (non-hydrogen) atoms. The molecule has 0 fully saturated rings. The van der Waals surface area contributed by atoms with E-state index in [1.807, 2.05) is 0 Å². The Kier molecular flexibility index (Phi) is 9.57. The van der Waals surface area contributed by atoms with E-state index in [0.29, 0.717) is 17.3 Å². The molecule has 0 aromatic heterocycles. The molecular weight excluding hydrogens is 482 g/mol. The Morgan fingerprint density at radius 2 is 1.74 bits per heavy atom. The molecule has 2 rings (SSSR count). The first-order valence-corrected chi connectivity index (χ1v) is 12.8. The minimum atomic E-state index is -3.89. The molecule has 0 saturated heterocycles. The monoisotopic (exact) mass is 511 g/mol. The van der Waals surface area contributed by atoms with E-state index in [0.717, 1.165) is 16.1 Å². The van der Waals surface area contributed by atoms with Gasteiger partial charge >= 0.3 is 0 Å². The van der Waals surface area contributed by atoms with Gasteiger partial charge in [0.2, 0.25) is 21.8 Å². The summed E-state index contributed by atoms with van der Waals surface area (Å²) in [6, 6.07) is 10.6. The summed E-state index contributed by atoms with van der Waals surface area (Å²) in [5, 5.41) is 3.24. The number of rotatable bonds is 11. The van der Waals surface area contributed by atoms with Crippen LogP contribution in [0.25, 0.3) is 0 Å². The van der Waals surface area contributed by atoms with Crippen molar-refractivity contribution in [3.63, 3.8) is 0 Å². The van der Waals surface area contributed by atoms with Crippen LogP contribution in [-0.4, -0.2) is 64.7 Å². The van der Waals surface area contributed by atoms with Crippen LogP contribution in [0.1, 0.15) is 19.4 Å². The summed E-state index contributed by atoms with van der Waals surface area (Å²) < 4.78 is 36.8. The number of amides is 2. The highest BCUT2D eigenvalue weighted by atomic mass is 35.5. The fraction of sp³-hybridized carbons (Fsp3) is 0.391. The van der Waals surface area contributed by atoms with E-state index < -0.39 is 28.5 Å². The molecule has 0 radical (unpaired) electrons. The van der Waals surface area contributed by atoms with Crippen LogP contribution in [0.4, 0.5) is 5.69 Å². The van der Waals surface area contributed by atoms with E-state index in [2.05, 4.69) is 5.32 Å². The lowest BCUT2D eigenvalue weighted by atomic mass is 10.1. The minimum Gasteiger partial charge on any atom is -0.497 e. The maximum atomic E-state index is 13.5. The fourth-order valence-electron chi connectivity index (χ4n) is 3.28. The summed E-state index contributed by atoms with van der Waals surface area (Å²) in [6.45, 7) is 3.32. The zero-order chi connectivity index (χ0) is 25.5. The molecule has 11 heteroatoms. The minimum absolute atomic E-state index is 0.0889. The molecule has 1 N–H and O–H groups in total. The van der Waals surface area contributed by atoms with Gasteiger partial charge in [0, 0.05) is 24.2 Å². The normalized spacial score (nSPS) is 11.9. The predicted octanol–water partition coefficient (Wildman–Crippen LogP) is 2.68. The molecule has 0 unspecified atom stereocenters. The summed E-state index contributed by atoms with van der Waals surface area (Å²) in [4.78, 5) is 27.4. The van der Waals surface area contributed by atoms with Gasteiger partial charge in [0.15, 0.2) is 0 Å². The van der Waals surface area contributed by atoms with Crippen LogP contribution in [0, 0.1) is 0 Å². The molecular formula is C23H30ClN3O6S. The summed E-state index contributed by atoms with van der Waals surface area (Å²) in [6.07, 6.45) is 1.00. The Hall–Kier alpha value is -2.98. The average Bonchev–Trinajstić information content (AvgIpc) is 2.80. The van der Waals surface area contributed by atoms with E-state index in [4.69, 9.17) is 21.1 Å². The van der Waals surface area contributed by atoms with Gasteiger partial charge in [-0.25, -0.2) is 8.42 Å². The Bertz CT molecular complexity index is 1110. The van der Waals surface area contributed by atoms with Gasteiger partial charge in [-0.15, -0.1) is 0 Å². The highest BCUT2D eigenvalue weighted by Crippen LogP contribution is 2.33. The van der Waals surface area contributed by atoms with Crippen molar-refractivity contribution in [1.29, 1.82) is 0 Å². The molecule has 1 atom stereocenters. The number of carbonyl (C=O) groups excluding carboxylic acids is 2. The number of halogens is 1. The third-order valence-corrected chi connectivity index (χ3v) is 6.50. The average molecular weight is 512 g/mol. The second-order valence-electron chi connectivity index (χ2n) is 7.53. The van der Waals surface area contributed by atoms with Gasteiger partial charge in [0.1, 0.15) is 24.1 Å². The van der Waals surface area contributed by atoms with Crippen LogP contribution in [0.5, 0.6) is 11.5 Å². The molecule has 9 nitrogen and oxygen atoms in total. The standard InChI is InChI=1S/C23H30ClN3O6S/c1-6-25-23(29)16(2)26(14-17-7-9-18(24)10-8-17)22(28)15-27(34(5,30)31)20-12-11-19(32-3)13-21(20)33-4/h7-13,16H,6,14-15H2,1-5H3,(H,25,29)/t16-/m1/s1. The van der Waals surface area contributed by atoms with Gasteiger partial charge in [0.05, 0.1) is 26.2 Å². The molecule has 2 aromatic rings. The Labute approximate surface area is 205 Å². The van der Waals surface area contributed by atoms with E-state index in [1.165, 1.54) is 31.3 Å². The molecule has 0 heterocycles. The first-order valence-electron chi connectivity index (χ1n) is 10.5. The zero-order valence-corrected chi connectivity index (χ0v) is 21.4. The number of ether oxygens (including phenoxy) is 2. The third-order valence-electron chi connectivity index (χ3n) is 5.12. The van der Waals surface area contributed by atoms with Crippen LogP contribution in [0.15, 0.2) is 42.5 Å². The van der Waals surface area contributed by atoms with E-state index >= 15 is 0 Å². The largest absolute Gasteiger partial charge is 0.497 e. The second-order valence-corrected chi connectivity index (χ2v) is 9.87. The number of anilines is 1. The first-order chi connectivity index (χ1) is 16.0. The van der Waals surface area contributed by atoms with Gasteiger partial charge < -0.3 is 19.7 Å². The highest BCUT2D eigenvalue weighted by molar-refractivity contribution is 7.92.